The maximum Gasteiger partial charge on any atom is 0.0967 e. The van der Waals surface area contributed by atoms with Crippen LogP contribution in [0.15, 0.2) is 36.5 Å². The molecule has 124 valence electrons. The Balaban J connectivity index is 1.72. The van der Waals surface area contributed by atoms with Crippen LogP contribution in [0.4, 0.5) is 0 Å². The number of rotatable bonds is 4. The number of nitrogens with one attached hydrogen (secondary N) is 1. The van der Waals surface area contributed by atoms with Crippen molar-refractivity contribution in [3.05, 3.63) is 42.1 Å². The van der Waals surface area contributed by atoms with Crippen LogP contribution < -0.4 is 5.32 Å². The lowest BCUT2D eigenvalue weighted by Gasteiger charge is -2.40. The van der Waals surface area contributed by atoms with Crippen LogP contribution in [0.5, 0.6) is 0 Å². The topological polar surface area (TPSA) is 33.1 Å². The number of aryl methyl sites for hydroxylation is 1. The van der Waals surface area contributed by atoms with Gasteiger partial charge in [0.15, 0.2) is 0 Å². The number of piperidine rings is 1. The monoisotopic (exact) mass is 312 g/mol. The van der Waals surface area contributed by atoms with Crippen LogP contribution in [0.2, 0.25) is 0 Å². The Morgan fingerprint density at radius 2 is 1.91 bits per heavy atom. The fraction of sp³-hybridized carbons (Fsp3) is 0.526. The Hall–Kier alpha value is -1.65. The van der Waals surface area contributed by atoms with Crippen molar-refractivity contribution in [2.45, 2.75) is 38.9 Å². The molecule has 0 saturated carbocycles. The summed E-state index contributed by atoms with van der Waals surface area (Å²) in [5, 5.41) is 8.44. The van der Waals surface area contributed by atoms with Gasteiger partial charge in [0, 0.05) is 49.5 Å². The molecule has 1 fully saturated rings. The highest BCUT2D eigenvalue weighted by atomic mass is 15.3. The molecule has 3 atom stereocenters. The Morgan fingerprint density at radius 1 is 1.17 bits per heavy atom. The van der Waals surface area contributed by atoms with Crippen LogP contribution in [0.1, 0.15) is 25.8 Å². The van der Waals surface area contributed by atoms with E-state index in [4.69, 9.17) is 0 Å². The van der Waals surface area contributed by atoms with Gasteiger partial charge in [0.25, 0.3) is 0 Å². The molecule has 4 heteroatoms. The second-order valence-electron chi connectivity index (χ2n) is 7.03. The SMILES string of the molecule is C[C@@H]1CN(C)[C@H](C)C[C@@H]1NCc1cn(C)nc1-c1ccccc1. The highest BCUT2D eigenvalue weighted by molar-refractivity contribution is 5.62. The van der Waals surface area contributed by atoms with Crippen molar-refractivity contribution in [2.24, 2.45) is 13.0 Å². The fourth-order valence-corrected chi connectivity index (χ4v) is 3.57. The largest absolute Gasteiger partial charge is 0.309 e. The lowest BCUT2D eigenvalue weighted by atomic mass is 9.89. The van der Waals surface area contributed by atoms with Gasteiger partial charge in [0.2, 0.25) is 0 Å². The minimum atomic E-state index is 0.574. The summed E-state index contributed by atoms with van der Waals surface area (Å²) in [7, 11) is 4.22. The number of hydrogen-bond acceptors (Lipinski definition) is 3. The smallest absolute Gasteiger partial charge is 0.0967 e. The molecule has 23 heavy (non-hydrogen) atoms. The van der Waals surface area contributed by atoms with Gasteiger partial charge in [-0.1, -0.05) is 37.3 Å². The van der Waals surface area contributed by atoms with Gasteiger partial charge in [-0.15, -0.1) is 0 Å². The van der Waals surface area contributed by atoms with Gasteiger partial charge in [-0.2, -0.15) is 5.10 Å². The molecule has 4 nitrogen and oxygen atoms in total. The third-order valence-corrected chi connectivity index (χ3v) is 5.12. The van der Waals surface area contributed by atoms with E-state index in [2.05, 4.69) is 66.7 Å². The zero-order chi connectivity index (χ0) is 16.4. The van der Waals surface area contributed by atoms with E-state index in [1.807, 2.05) is 17.8 Å². The average molecular weight is 312 g/mol. The number of likely N-dealkylation sites (tertiary alicyclic amines) is 1. The number of aromatic nitrogens is 2. The standard InChI is InChI=1S/C19H28N4/c1-14-12-22(3)15(2)10-18(14)20-11-17-13-23(4)21-19(17)16-8-6-5-7-9-16/h5-9,13-15,18,20H,10-12H2,1-4H3/t14-,15-,18+/m1/s1. The van der Waals surface area contributed by atoms with Gasteiger partial charge >= 0.3 is 0 Å². The van der Waals surface area contributed by atoms with Crippen LogP contribution in [0.3, 0.4) is 0 Å². The third kappa shape index (κ3) is 3.65. The predicted molar refractivity (Wildman–Crippen MR) is 95.1 cm³/mol. The molecule has 2 aromatic rings. The van der Waals surface area contributed by atoms with E-state index < -0.39 is 0 Å². The number of nitrogens with zero attached hydrogens (tertiary/aromatic N) is 3. The minimum absolute atomic E-state index is 0.574. The molecule has 2 heterocycles. The van der Waals surface area contributed by atoms with Crippen molar-refractivity contribution < 1.29 is 0 Å². The Labute approximate surface area is 139 Å². The van der Waals surface area contributed by atoms with Crippen molar-refractivity contribution in [2.75, 3.05) is 13.6 Å². The normalized spacial score (nSPS) is 25.7. The average Bonchev–Trinajstić information content (AvgIpc) is 2.91. The first-order valence-electron chi connectivity index (χ1n) is 8.56. The number of benzene rings is 1. The van der Waals surface area contributed by atoms with Gasteiger partial charge in [0.05, 0.1) is 5.69 Å². The quantitative estimate of drug-likeness (QED) is 0.942. The summed E-state index contributed by atoms with van der Waals surface area (Å²) >= 11 is 0. The molecule has 3 rings (SSSR count). The van der Waals surface area contributed by atoms with Gasteiger partial charge in [-0.25, -0.2) is 0 Å². The van der Waals surface area contributed by atoms with E-state index in [-0.39, 0.29) is 0 Å². The minimum Gasteiger partial charge on any atom is -0.309 e. The van der Waals surface area contributed by atoms with Crippen LogP contribution in [0.25, 0.3) is 11.3 Å². The van der Waals surface area contributed by atoms with Crippen LogP contribution >= 0.6 is 0 Å². The summed E-state index contributed by atoms with van der Waals surface area (Å²) in [6.07, 6.45) is 3.34. The van der Waals surface area contributed by atoms with Crippen LogP contribution in [-0.4, -0.2) is 40.4 Å². The van der Waals surface area contributed by atoms with E-state index in [1.165, 1.54) is 17.5 Å². The molecule has 1 N–H and O–H groups in total. The second kappa shape index (κ2) is 6.85. The van der Waals surface area contributed by atoms with Crippen molar-refractivity contribution >= 4 is 0 Å². The number of hydrogen-bond donors (Lipinski definition) is 1. The first-order chi connectivity index (χ1) is 11.0. The molecule has 0 amide bonds. The molecule has 0 spiro atoms. The maximum absolute atomic E-state index is 4.66. The van der Waals surface area contributed by atoms with E-state index in [0.29, 0.717) is 18.0 Å². The maximum atomic E-state index is 4.66. The molecule has 0 aliphatic carbocycles. The molecule has 1 saturated heterocycles. The van der Waals surface area contributed by atoms with Crippen LogP contribution in [-0.2, 0) is 13.6 Å². The van der Waals surface area contributed by atoms with Crippen molar-refractivity contribution in [1.82, 2.24) is 20.0 Å². The van der Waals surface area contributed by atoms with E-state index in [0.717, 1.165) is 18.8 Å². The van der Waals surface area contributed by atoms with Crippen LogP contribution in [0, 0.1) is 5.92 Å². The van der Waals surface area contributed by atoms with Gasteiger partial charge in [-0.3, -0.25) is 4.68 Å². The molecule has 1 aliphatic rings. The molecule has 0 radical (unpaired) electrons. The predicted octanol–water partition coefficient (Wildman–Crippen LogP) is 2.91. The molecule has 0 bridgehead atoms. The van der Waals surface area contributed by atoms with E-state index in [1.54, 1.807) is 0 Å². The van der Waals surface area contributed by atoms with E-state index >= 15 is 0 Å². The summed E-state index contributed by atoms with van der Waals surface area (Å²) in [6, 6.07) is 11.7. The lowest BCUT2D eigenvalue weighted by molar-refractivity contribution is 0.121. The van der Waals surface area contributed by atoms with Gasteiger partial charge in [0.1, 0.15) is 0 Å². The first kappa shape index (κ1) is 16.2. The Morgan fingerprint density at radius 3 is 2.65 bits per heavy atom. The lowest BCUT2D eigenvalue weighted by Crippen LogP contribution is -2.50. The molecule has 1 aromatic heterocycles. The van der Waals surface area contributed by atoms with Gasteiger partial charge < -0.3 is 10.2 Å². The Kier molecular flexibility index (Phi) is 4.83. The molecular weight excluding hydrogens is 284 g/mol. The van der Waals surface area contributed by atoms with E-state index in [9.17, 15) is 0 Å². The summed E-state index contributed by atoms with van der Waals surface area (Å²) < 4.78 is 1.92. The van der Waals surface area contributed by atoms with Gasteiger partial charge in [-0.05, 0) is 26.3 Å². The first-order valence-corrected chi connectivity index (χ1v) is 8.56. The molecule has 1 aromatic carbocycles. The molecule has 0 unspecified atom stereocenters. The fourth-order valence-electron chi connectivity index (χ4n) is 3.57. The van der Waals surface area contributed by atoms with Crippen molar-refractivity contribution in [3.63, 3.8) is 0 Å². The van der Waals surface area contributed by atoms with Crippen molar-refractivity contribution in [1.29, 1.82) is 0 Å². The third-order valence-electron chi connectivity index (χ3n) is 5.12. The summed E-state index contributed by atoms with van der Waals surface area (Å²) in [4.78, 5) is 2.46. The second-order valence-corrected chi connectivity index (χ2v) is 7.03. The molecule has 1 aliphatic heterocycles. The van der Waals surface area contributed by atoms with Crippen molar-refractivity contribution in [3.8, 4) is 11.3 Å². The Bertz CT molecular complexity index is 634. The zero-order valence-electron chi connectivity index (χ0n) is 14.7. The summed E-state index contributed by atoms with van der Waals surface area (Å²) in [6.45, 7) is 6.71. The zero-order valence-corrected chi connectivity index (χ0v) is 14.7. The summed E-state index contributed by atoms with van der Waals surface area (Å²) in [5.41, 5.74) is 3.56. The highest BCUT2D eigenvalue weighted by Crippen LogP contribution is 2.24. The highest BCUT2D eigenvalue weighted by Gasteiger charge is 2.28. The summed E-state index contributed by atoms with van der Waals surface area (Å²) in [5.74, 6) is 0.674. The molecular formula is C19H28N4.